The summed E-state index contributed by atoms with van der Waals surface area (Å²) in [6.45, 7) is 0.811. The van der Waals surface area contributed by atoms with Gasteiger partial charge in [-0.2, -0.15) is 0 Å². The molecule has 1 aromatic heterocycles. The SMILES string of the molecule is O=C(/C=C/c1ccc2c(c1)OCO2)NCCSc1c(-c2ccccc2)[nH]c2ccccc12. The van der Waals surface area contributed by atoms with Gasteiger partial charge in [0.05, 0.1) is 5.69 Å². The van der Waals surface area contributed by atoms with Crippen LogP contribution in [-0.2, 0) is 4.79 Å². The number of hydrogen-bond donors (Lipinski definition) is 2. The predicted molar refractivity (Wildman–Crippen MR) is 129 cm³/mol. The number of thioether (sulfide) groups is 1. The summed E-state index contributed by atoms with van der Waals surface area (Å²) in [5.41, 5.74) is 4.28. The van der Waals surface area contributed by atoms with Crippen molar-refractivity contribution in [3.05, 3.63) is 84.4 Å². The zero-order chi connectivity index (χ0) is 21.8. The number of para-hydroxylation sites is 1. The number of nitrogens with one attached hydrogen (secondary N) is 2. The van der Waals surface area contributed by atoms with E-state index in [-0.39, 0.29) is 12.7 Å². The smallest absolute Gasteiger partial charge is 0.244 e. The van der Waals surface area contributed by atoms with Crippen LogP contribution in [0.15, 0.2) is 83.8 Å². The second-order valence-electron chi connectivity index (χ2n) is 7.33. The molecule has 0 unspecified atom stereocenters. The van der Waals surface area contributed by atoms with Crippen molar-refractivity contribution < 1.29 is 14.3 Å². The van der Waals surface area contributed by atoms with Crippen LogP contribution in [0.4, 0.5) is 0 Å². The predicted octanol–water partition coefficient (Wildman–Crippen LogP) is 5.49. The Balaban J connectivity index is 1.21. The van der Waals surface area contributed by atoms with E-state index in [9.17, 15) is 4.79 Å². The first-order valence-electron chi connectivity index (χ1n) is 10.4. The Hall–Kier alpha value is -3.64. The van der Waals surface area contributed by atoms with Crippen LogP contribution in [0.1, 0.15) is 5.56 Å². The summed E-state index contributed by atoms with van der Waals surface area (Å²) in [6, 6.07) is 24.3. The molecule has 1 aliphatic rings. The molecular weight excluding hydrogens is 420 g/mol. The highest BCUT2D eigenvalue weighted by molar-refractivity contribution is 7.99. The second kappa shape index (κ2) is 9.24. The quantitative estimate of drug-likeness (QED) is 0.226. The molecule has 5 nitrogen and oxygen atoms in total. The average molecular weight is 443 g/mol. The van der Waals surface area contributed by atoms with E-state index in [1.807, 2.05) is 42.5 Å². The van der Waals surface area contributed by atoms with E-state index in [0.717, 1.165) is 33.8 Å². The molecule has 160 valence electrons. The lowest BCUT2D eigenvalue weighted by molar-refractivity contribution is -0.116. The number of aromatic nitrogens is 1. The first kappa shape index (κ1) is 20.3. The van der Waals surface area contributed by atoms with E-state index in [2.05, 4.69) is 40.6 Å². The third kappa shape index (κ3) is 4.36. The number of H-pyrrole nitrogens is 1. The van der Waals surface area contributed by atoms with Crippen LogP contribution in [0.5, 0.6) is 11.5 Å². The minimum absolute atomic E-state index is 0.120. The van der Waals surface area contributed by atoms with Gasteiger partial charge in [-0.05, 0) is 35.4 Å². The molecule has 1 amide bonds. The van der Waals surface area contributed by atoms with Crippen molar-refractivity contribution in [1.29, 1.82) is 0 Å². The van der Waals surface area contributed by atoms with Crippen LogP contribution in [-0.4, -0.2) is 30.0 Å². The highest BCUT2D eigenvalue weighted by Crippen LogP contribution is 2.37. The molecule has 0 aliphatic carbocycles. The van der Waals surface area contributed by atoms with Gasteiger partial charge in [0.15, 0.2) is 11.5 Å². The van der Waals surface area contributed by atoms with Crippen molar-refractivity contribution in [1.82, 2.24) is 10.3 Å². The number of rotatable bonds is 7. The zero-order valence-corrected chi connectivity index (χ0v) is 18.2. The molecule has 32 heavy (non-hydrogen) atoms. The zero-order valence-electron chi connectivity index (χ0n) is 17.3. The van der Waals surface area contributed by atoms with Gasteiger partial charge in [-0.1, -0.05) is 54.6 Å². The van der Waals surface area contributed by atoms with Gasteiger partial charge in [-0.25, -0.2) is 0 Å². The van der Waals surface area contributed by atoms with Crippen LogP contribution >= 0.6 is 11.8 Å². The van der Waals surface area contributed by atoms with Crippen molar-refractivity contribution in [3.8, 4) is 22.8 Å². The summed E-state index contributed by atoms with van der Waals surface area (Å²) in [5.74, 6) is 2.09. The fourth-order valence-electron chi connectivity index (χ4n) is 3.65. The van der Waals surface area contributed by atoms with Gasteiger partial charge in [0, 0.05) is 34.2 Å². The molecule has 6 heteroatoms. The molecule has 0 radical (unpaired) electrons. The fraction of sp³-hybridized carbons (Fsp3) is 0.115. The van der Waals surface area contributed by atoms with Crippen molar-refractivity contribution >= 4 is 34.6 Å². The van der Waals surface area contributed by atoms with Crippen LogP contribution < -0.4 is 14.8 Å². The third-order valence-corrected chi connectivity index (χ3v) is 6.31. The minimum Gasteiger partial charge on any atom is -0.454 e. The van der Waals surface area contributed by atoms with Crippen LogP contribution in [0.3, 0.4) is 0 Å². The Morgan fingerprint density at radius 1 is 1.00 bits per heavy atom. The molecule has 0 atom stereocenters. The highest BCUT2D eigenvalue weighted by atomic mass is 32.2. The Morgan fingerprint density at radius 2 is 1.81 bits per heavy atom. The molecule has 3 aromatic carbocycles. The number of aromatic amines is 1. The lowest BCUT2D eigenvalue weighted by Crippen LogP contribution is -2.23. The molecular formula is C26H22N2O3S. The van der Waals surface area contributed by atoms with E-state index < -0.39 is 0 Å². The summed E-state index contributed by atoms with van der Waals surface area (Å²) in [4.78, 5) is 17.0. The summed E-state index contributed by atoms with van der Waals surface area (Å²) < 4.78 is 10.7. The molecule has 0 bridgehead atoms. The number of carbonyl (C=O) groups is 1. The normalized spacial score (nSPS) is 12.5. The van der Waals surface area contributed by atoms with Crippen LogP contribution in [0, 0.1) is 0 Å². The first-order valence-corrected chi connectivity index (χ1v) is 11.4. The molecule has 0 saturated heterocycles. The van der Waals surface area contributed by atoms with Gasteiger partial charge in [0.25, 0.3) is 0 Å². The Labute approximate surface area is 190 Å². The van der Waals surface area contributed by atoms with E-state index in [4.69, 9.17) is 9.47 Å². The molecule has 4 aromatic rings. The summed E-state index contributed by atoms with van der Waals surface area (Å²) in [5, 5.41) is 4.16. The Morgan fingerprint density at radius 3 is 2.72 bits per heavy atom. The van der Waals surface area contributed by atoms with Crippen molar-refractivity contribution in [3.63, 3.8) is 0 Å². The van der Waals surface area contributed by atoms with Gasteiger partial charge in [-0.15, -0.1) is 11.8 Å². The number of carbonyl (C=O) groups excluding carboxylic acids is 1. The number of amides is 1. The topological polar surface area (TPSA) is 63.4 Å². The van der Waals surface area contributed by atoms with Gasteiger partial charge >= 0.3 is 0 Å². The molecule has 0 spiro atoms. The second-order valence-corrected chi connectivity index (χ2v) is 8.43. The number of ether oxygens (including phenoxy) is 2. The maximum atomic E-state index is 12.2. The van der Waals surface area contributed by atoms with Crippen LogP contribution in [0.2, 0.25) is 0 Å². The van der Waals surface area contributed by atoms with Gasteiger partial charge in [-0.3, -0.25) is 4.79 Å². The monoisotopic (exact) mass is 442 g/mol. The average Bonchev–Trinajstić information content (AvgIpc) is 3.45. The lowest BCUT2D eigenvalue weighted by atomic mass is 10.1. The van der Waals surface area contributed by atoms with Gasteiger partial charge < -0.3 is 19.8 Å². The fourth-order valence-corrected chi connectivity index (χ4v) is 4.70. The molecule has 0 saturated carbocycles. The number of benzene rings is 3. The maximum Gasteiger partial charge on any atom is 0.244 e. The molecule has 2 N–H and O–H groups in total. The van der Waals surface area contributed by atoms with E-state index in [1.165, 1.54) is 10.3 Å². The Bertz CT molecular complexity index is 1280. The Kier molecular flexibility index (Phi) is 5.85. The maximum absolute atomic E-state index is 12.2. The summed E-state index contributed by atoms with van der Waals surface area (Å²) in [7, 11) is 0. The standard InChI is InChI=1S/C26H22N2O3S/c29-24(13-11-18-10-12-22-23(16-18)31-17-30-22)27-14-15-32-26-20-8-4-5-9-21(20)28-25(26)19-6-2-1-3-7-19/h1-13,16,28H,14-15,17H2,(H,27,29)/b13-11+. The number of hydrogen-bond acceptors (Lipinski definition) is 4. The van der Waals surface area contributed by atoms with Crippen LogP contribution in [0.25, 0.3) is 28.2 Å². The van der Waals surface area contributed by atoms with E-state index >= 15 is 0 Å². The first-order chi connectivity index (χ1) is 15.8. The van der Waals surface area contributed by atoms with Gasteiger partial charge in [0.1, 0.15) is 0 Å². The highest BCUT2D eigenvalue weighted by Gasteiger charge is 2.14. The van der Waals surface area contributed by atoms with Crippen molar-refractivity contribution in [2.45, 2.75) is 4.90 Å². The van der Waals surface area contributed by atoms with Crippen molar-refractivity contribution in [2.24, 2.45) is 0 Å². The summed E-state index contributed by atoms with van der Waals surface area (Å²) in [6.07, 6.45) is 3.32. The largest absolute Gasteiger partial charge is 0.454 e. The van der Waals surface area contributed by atoms with E-state index in [0.29, 0.717) is 12.3 Å². The van der Waals surface area contributed by atoms with Crippen molar-refractivity contribution in [2.75, 3.05) is 19.1 Å². The van der Waals surface area contributed by atoms with E-state index in [1.54, 1.807) is 23.9 Å². The van der Waals surface area contributed by atoms with Gasteiger partial charge in [0.2, 0.25) is 12.7 Å². The molecule has 5 rings (SSSR count). The molecule has 0 fully saturated rings. The lowest BCUT2D eigenvalue weighted by Gasteiger charge is -2.06. The third-order valence-electron chi connectivity index (χ3n) is 5.19. The number of fused-ring (bicyclic) bond motifs is 2. The molecule has 1 aliphatic heterocycles. The molecule has 2 heterocycles. The minimum atomic E-state index is -0.120. The summed E-state index contributed by atoms with van der Waals surface area (Å²) >= 11 is 1.75.